The van der Waals surface area contributed by atoms with E-state index in [0.717, 1.165) is 22.4 Å². The summed E-state index contributed by atoms with van der Waals surface area (Å²) in [7, 11) is -3.64. The molecule has 0 fully saturated rings. The van der Waals surface area contributed by atoms with Crippen LogP contribution in [0.5, 0.6) is 0 Å². The number of imidazole rings is 1. The fraction of sp³-hybridized carbons (Fsp3) is 0.100. The van der Waals surface area contributed by atoms with E-state index in [1.807, 2.05) is 41.0 Å². The van der Waals surface area contributed by atoms with Crippen LogP contribution in [-0.2, 0) is 16.6 Å². The van der Waals surface area contributed by atoms with Gasteiger partial charge in [0.15, 0.2) is 0 Å². The second-order valence-electron chi connectivity index (χ2n) is 6.17. The number of fused-ring (bicyclic) bond motifs is 1. The van der Waals surface area contributed by atoms with Crippen LogP contribution in [0.25, 0.3) is 22.4 Å². The topological polar surface area (TPSA) is 76.9 Å². The van der Waals surface area contributed by atoms with Crippen molar-refractivity contribution >= 4 is 32.7 Å². The molecule has 4 rings (SSSR count). The van der Waals surface area contributed by atoms with Crippen molar-refractivity contribution in [3.05, 3.63) is 78.1 Å². The van der Waals surface area contributed by atoms with Crippen molar-refractivity contribution in [3.8, 4) is 11.4 Å². The van der Waals surface area contributed by atoms with Gasteiger partial charge in [-0.2, -0.15) is 0 Å². The van der Waals surface area contributed by atoms with Gasteiger partial charge in [0.2, 0.25) is 10.0 Å². The lowest BCUT2D eigenvalue weighted by Gasteiger charge is -2.11. The number of halogens is 1. The molecule has 0 saturated heterocycles. The molecule has 0 aliphatic rings. The number of nitrogens with one attached hydrogen (secondary N) is 1. The van der Waals surface area contributed by atoms with Crippen molar-refractivity contribution < 1.29 is 8.42 Å². The minimum atomic E-state index is -3.64. The van der Waals surface area contributed by atoms with Crippen molar-refractivity contribution in [3.63, 3.8) is 0 Å². The lowest BCUT2D eigenvalue weighted by atomic mass is 10.2. The monoisotopic (exact) mass is 412 g/mol. The quantitative estimate of drug-likeness (QED) is 0.523. The fourth-order valence-corrected chi connectivity index (χ4v) is 4.35. The summed E-state index contributed by atoms with van der Waals surface area (Å²) in [6.07, 6.45) is 3.42. The first-order valence-corrected chi connectivity index (χ1v) is 10.5. The standard InChI is InChI=1S/C20H17ClN4O2S/c21-16-4-3-5-17(14-16)28(26,27)23-12-13-25-19-7-2-1-6-18(19)24-20(25)15-8-10-22-11-9-15/h1-11,14,23H,12-13H2. The lowest BCUT2D eigenvalue weighted by Crippen LogP contribution is -2.27. The lowest BCUT2D eigenvalue weighted by molar-refractivity contribution is 0.574. The molecule has 2 heterocycles. The second-order valence-corrected chi connectivity index (χ2v) is 8.37. The van der Waals surface area contributed by atoms with Gasteiger partial charge in [0.05, 0.1) is 15.9 Å². The SMILES string of the molecule is O=S(=O)(NCCn1c(-c2ccncc2)nc2ccccc21)c1cccc(Cl)c1. The van der Waals surface area contributed by atoms with Gasteiger partial charge in [0.1, 0.15) is 5.82 Å². The molecule has 0 amide bonds. The van der Waals surface area contributed by atoms with E-state index in [4.69, 9.17) is 16.6 Å². The smallest absolute Gasteiger partial charge is 0.240 e. The van der Waals surface area contributed by atoms with E-state index < -0.39 is 10.0 Å². The van der Waals surface area contributed by atoms with Crippen molar-refractivity contribution in [2.75, 3.05) is 6.54 Å². The van der Waals surface area contributed by atoms with Crippen LogP contribution in [0.1, 0.15) is 0 Å². The molecule has 2 aromatic heterocycles. The molecule has 8 heteroatoms. The van der Waals surface area contributed by atoms with Crippen LogP contribution in [0.3, 0.4) is 0 Å². The summed E-state index contributed by atoms with van der Waals surface area (Å²) in [4.78, 5) is 8.90. The molecule has 0 aliphatic carbocycles. The fourth-order valence-electron chi connectivity index (χ4n) is 3.03. The summed E-state index contributed by atoms with van der Waals surface area (Å²) in [5.41, 5.74) is 2.71. The van der Waals surface area contributed by atoms with Crippen LogP contribution >= 0.6 is 11.6 Å². The number of para-hydroxylation sites is 2. The molecule has 6 nitrogen and oxygen atoms in total. The van der Waals surface area contributed by atoms with Gasteiger partial charge >= 0.3 is 0 Å². The number of nitrogens with zero attached hydrogens (tertiary/aromatic N) is 3. The van der Waals surface area contributed by atoms with Crippen LogP contribution in [0, 0.1) is 0 Å². The molecule has 0 bridgehead atoms. The first-order chi connectivity index (χ1) is 13.5. The maximum atomic E-state index is 12.5. The highest BCUT2D eigenvalue weighted by molar-refractivity contribution is 7.89. The Morgan fingerprint density at radius 3 is 2.57 bits per heavy atom. The summed E-state index contributed by atoms with van der Waals surface area (Å²) in [5.74, 6) is 0.769. The maximum Gasteiger partial charge on any atom is 0.240 e. The number of hydrogen-bond acceptors (Lipinski definition) is 4. The third-order valence-corrected chi connectivity index (χ3v) is 6.02. The minimum Gasteiger partial charge on any atom is -0.323 e. The highest BCUT2D eigenvalue weighted by atomic mass is 35.5. The van der Waals surface area contributed by atoms with Gasteiger partial charge in [-0.15, -0.1) is 0 Å². The summed E-state index contributed by atoms with van der Waals surface area (Å²) in [5, 5.41) is 0.378. The van der Waals surface area contributed by atoms with Crippen LogP contribution in [0.2, 0.25) is 5.02 Å². The molecule has 0 saturated carbocycles. The van der Waals surface area contributed by atoms with E-state index in [1.165, 1.54) is 12.1 Å². The second kappa shape index (κ2) is 7.71. The van der Waals surface area contributed by atoms with Crippen LogP contribution in [0.4, 0.5) is 0 Å². The highest BCUT2D eigenvalue weighted by Crippen LogP contribution is 2.24. The van der Waals surface area contributed by atoms with Crippen LogP contribution in [-0.4, -0.2) is 29.5 Å². The molecule has 0 aliphatic heterocycles. The van der Waals surface area contributed by atoms with E-state index in [1.54, 1.807) is 24.5 Å². The predicted octanol–water partition coefficient (Wildman–Crippen LogP) is 3.73. The van der Waals surface area contributed by atoms with Crippen molar-refractivity contribution in [2.24, 2.45) is 0 Å². The van der Waals surface area contributed by atoms with E-state index >= 15 is 0 Å². The van der Waals surface area contributed by atoms with E-state index in [-0.39, 0.29) is 11.4 Å². The van der Waals surface area contributed by atoms with Crippen LogP contribution < -0.4 is 4.72 Å². The number of pyridine rings is 1. The van der Waals surface area contributed by atoms with Gasteiger partial charge < -0.3 is 4.57 Å². The first kappa shape index (κ1) is 18.6. The molecule has 28 heavy (non-hydrogen) atoms. The summed E-state index contributed by atoms with van der Waals surface area (Å²) in [6.45, 7) is 0.644. The summed E-state index contributed by atoms with van der Waals surface area (Å²) < 4.78 is 29.7. The molecule has 1 N–H and O–H groups in total. The van der Waals surface area contributed by atoms with Crippen molar-refractivity contribution in [1.29, 1.82) is 0 Å². The molecule has 0 radical (unpaired) electrons. The molecule has 142 valence electrons. The molecule has 0 unspecified atom stereocenters. The number of benzene rings is 2. The Labute approximate surface area is 167 Å². The number of rotatable bonds is 6. The third kappa shape index (κ3) is 3.77. The van der Waals surface area contributed by atoms with Crippen molar-refractivity contribution in [2.45, 2.75) is 11.4 Å². The summed E-state index contributed by atoms with van der Waals surface area (Å²) >= 11 is 5.91. The van der Waals surface area contributed by atoms with Gasteiger partial charge in [0.25, 0.3) is 0 Å². The zero-order valence-corrected chi connectivity index (χ0v) is 16.4. The Bertz CT molecular complexity index is 1220. The summed E-state index contributed by atoms with van der Waals surface area (Å²) in [6, 6.07) is 17.7. The van der Waals surface area contributed by atoms with E-state index in [0.29, 0.717) is 11.6 Å². The Hall–Kier alpha value is -2.74. The average molecular weight is 413 g/mol. The number of aromatic nitrogens is 3. The molecule has 0 spiro atoms. The third-order valence-electron chi connectivity index (χ3n) is 4.33. The molecule has 4 aromatic rings. The molecular formula is C20H17ClN4O2S. The van der Waals surface area contributed by atoms with Gasteiger partial charge in [0, 0.05) is 36.1 Å². The zero-order chi connectivity index (χ0) is 19.6. The van der Waals surface area contributed by atoms with E-state index in [2.05, 4.69) is 9.71 Å². The average Bonchev–Trinajstić information content (AvgIpc) is 3.07. The normalized spacial score (nSPS) is 11.8. The highest BCUT2D eigenvalue weighted by Gasteiger charge is 2.16. The van der Waals surface area contributed by atoms with Gasteiger partial charge in [-0.05, 0) is 42.5 Å². The number of sulfonamides is 1. The predicted molar refractivity (Wildman–Crippen MR) is 110 cm³/mol. The first-order valence-electron chi connectivity index (χ1n) is 8.65. The molecule has 2 aromatic carbocycles. The van der Waals surface area contributed by atoms with Crippen molar-refractivity contribution in [1.82, 2.24) is 19.3 Å². The zero-order valence-electron chi connectivity index (χ0n) is 14.8. The van der Waals surface area contributed by atoms with E-state index in [9.17, 15) is 8.42 Å². The van der Waals surface area contributed by atoms with Gasteiger partial charge in [-0.25, -0.2) is 18.1 Å². The molecule has 0 atom stereocenters. The largest absolute Gasteiger partial charge is 0.323 e. The Balaban J connectivity index is 1.61. The minimum absolute atomic E-state index is 0.143. The Morgan fingerprint density at radius 2 is 1.79 bits per heavy atom. The van der Waals surface area contributed by atoms with Gasteiger partial charge in [-0.1, -0.05) is 29.8 Å². The van der Waals surface area contributed by atoms with Gasteiger partial charge in [-0.3, -0.25) is 4.98 Å². The molecular weight excluding hydrogens is 396 g/mol. The number of hydrogen-bond donors (Lipinski definition) is 1. The maximum absolute atomic E-state index is 12.5. The Morgan fingerprint density at radius 1 is 1.00 bits per heavy atom. The van der Waals surface area contributed by atoms with Crippen LogP contribution in [0.15, 0.2) is 78.0 Å². The Kier molecular flexibility index (Phi) is 5.13.